The second-order valence-electron chi connectivity index (χ2n) is 2.38. The van der Waals surface area contributed by atoms with Gasteiger partial charge < -0.3 is 9.84 Å². The van der Waals surface area contributed by atoms with E-state index in [4.69, 9.17) is 14.6 Å². The highest BCUT2D eigenvalue weighted by Crippen LogP contribution is 2.07. The van der Waals surface area contributed by atoms with Crippen LogP contribution in [0, 0.1) is 4.78 Å². The number of aliphatic carboxylic acids is 1. The second-order valence-corrected chi connectivity index (χ2v) is 4.75. The summed E-state index contributed by atoms with van der Waals surface area (Å²) < 4.78 is 23.0. The Bertz CT molecular complexity index is 258. The summed E-state index contributed by atoms with van der Waals surface area (Å²) in [5.41, 5.74) is 0. The summed E-state index contributed by atoms with van der Waals surface area (Å²) in [6.07, 6.45) is -1.05. The Hall–Kier alpha value is -0.620. The molecule has 6 heteroatoms. The fourth-order valence-electron chi connectivity index (χ4n) is 0.844. The number of nitrogens with one attached hydrogen (secondary N) is 1. The minimum atomic E-state index is -2.68. The number of carbonyl (C=O) groups is 1. The molecular formula is C5H9NO4S. The summed E-state index contributed by atoms with van der Waals surface area (Å²) in [4.78, 5) is 10.3. The van der Waals surface area contributed by atoms with Crippen LogP contribution in [0.15, 0.2) is 0 Å². The molecule has 0 radical (unpaired) electrons. The van der Waals surface area contributed by atoms with Gasteiger partial charge in [-0.1, -0.05) is 0 Å². The van der Waals surface area contributed by atoms with Crippen molar-refractivity contribution in [2.75, 3.05) is 18.1 Å². The van der Waals surface area contributed by atoms with Crippen molar-refractivity contribution in [1.82, 2.24) is 0 Å². The molecule has 0 saturated carbocycles. The monoisotopic (exact) mass is 179 g/mol. The molecule has 1 aliphatic rings. The summed E-state index contributed by atoms with van der Waals surface area (Å²) in [6, 6.07) is 0. The van der Waals surface area contributed by atoms with Gasteiger partial charge in [-0.3, -0.25) is 4.78 Å². The Morgan fingerprint density at radius 3 is 2.73 bits per heavy atom. The zero-order valence-electron chi connectivity index (χ0n) is 5.78. The van der Waals surface area contributed by atoms with Gasteiger partial charge in [0.2, 0.25) is 0 Å². The van der Waals surface area contributed by atoms with E-state index in [2.05, 4.69) is 0 Å². The molecule has 0 bridgehead atoms. The third-order valence-electron chi connectivity index (χ3n) is 1.43. The standard InChI is InChI=1S/C5H9NO4S/c6-11(9)2-1-10-4(3-11)5(7)8/h4,6H,1-3H2,(H,7,8). The van der Waals surface area contributed by atoms with Crippen molar-refractivity contribution >= 4 is 15.7 Å². The number of hydrogen-bond donors (Lipinski definition) is 2. The van der Waals surface area contributed by atoms with E-state index in [0.29, 0.717) is 0 Å². The first-order valence-electron chi connectivity index (χ1n) is 3.10. The molecule has 64 valence electrons. The fraction of sp³-hybridized carbons (Fsp3) is 0.800. The lowest BCUT2D eigenvalue weighted by molar-refractivity contribution is -0.148. The molecule has 0 aromatic carbocycles. The van der Waals surface area contributed by atoms with Crippen molar-refractivity contribution in [3.63, 3.8) is 0 Å². The molecule has 5 nitrogen and oxygen atoms in total. The van der Waals surface area contributed by atoms with Crippen molar-refractivity contribution in [2.24, 2.45) is 0 Å². The Balaban J connectivity index is 2.68. The molecule has 1 saturated heterocycles. The smallest absolute Gasteiger partial charge is 0.333 e. The summed E-state index contributed by atoms with van der Waals surface area (Å²) in [5, 5.41) is 8.44. The zero-order chi connectivity index (χ0) is 8.48. The first-order chi connectivity index (χ1) is 5.01. The van der Waals surface area contributed by atoms with Crippen molar-refractivity contribution in [2.45, 2.75) is 6.10 Å². The maximum Gasteiger partial charge on any atom is 0.333 e. The maximum atomic E-state index is 11.0. The summed E-state index contributed by atoms with van der Waals surface area (Å²) >= 11 is 0. The van der Waals surface area contributed by atoms with Crippen LogP contribution in [-0.4, -0.2) is 39.5 Å². The average Bonchev–Trinajstić information content (AvgIpc) is 1.85. The van der Waals surface area contributed by atoms with Gasteiger partial charge in [0, 0.05) is 9.73 Å². The van der Waals surface area contributed by atoms with Gasteiger partial charge in [0.15, 0.2) is 6.10 Å². The highest BCUT2D eigenvalue weighted by molar-refractivity contribution is 7.92. The van der Waals surface area contributed by atoms with Gasteiger partial charge >= 0.3 is 5.97 Å². The molecule has 0 aliphatic carbocycles. The van der Waals surface area contributed by atoms with Crippen LogP contribution in [0.5, 0.6) is 0 Å². The highest BCUT2D eigenvalue weighted by atomic mass is 32.2. The van der Waals surface area contributed by atoms with Gasteiger partial charge in [0.25, 0.3) is 0 Å². The van der Waals surface area contributed by atoms with E-state index in [-0.39, 0.29) is 18.1 Å². The van der Waals surface area contributed by atoms with Crippen molar-refractivity contribution in [3.05, 3.63) is 0 Å². The summed E-state index contributed by atoms with van der Waals surface area (Å²) in [7, 11) is -2.68. The molecule has 0 amide bonds. The van der Waals surface area contributed by atoms with E-state index in [0.717, 1.165) is 0 Å². The van der Waals surface area contributed by atoms with Gasteiger partial charge in [-0.25, -0.2) is 9.00 Å². The fourth-order valence-corrected chi connectivity index (χ4v) is 2.10. The highest BCUT2D eigenvalue weighted by Gasteiger charge is 2.27. The molecule has 0 spiro atoms. The molecule has 1 aliphatic heterocycles. The van der Waals surface area contributed by atoms with E-state index in [1.807, 2.05) is 0 Å². The Morgan fingerprint density at radius 1 is 1.73 bits per heavy atom. The molecule has 1 fully saturated rings. The lowest BCUT2D eigenvalue weighted by Gasteiger charge is -2.20. The normalized spacial score (nSPS) is 38.4. The van der Waals surface area contributed by atoms with Gasteiger partial charge in [0.05, 0.1) is 18.1 Å². The van der Waals surface area contributed by atoms with E-state index in [1.54, 1.807) is 0 Å². The molecule has 1 rings (SSSR count). The van der Waals surface area contributed by atoms with Crippen LogP contribution in [0.1, 0.15) is 0 Å². The van der Waals surface area contributed by atoms with Gasteiger partial charge in [-0.2, -0.15) is 0 Å². The van der Waals surface area contributed by atoms with E-state index >= 15 is 0 Å². The number of ether oxygens (including phenoxy) is 1. The Labute approximate surface area is 64.3 Å². The molecule has 2 unspecified atom stereocenters. The summed E-state index contributed by atoms with van der Waals surface area (Å²) in [6.45, 7) is 0.110. The van der Waals surface area contributed by atoms with E-state index in [9.17, 15) is 9.00 Å². The molecule has 1 heterocycles. The number of carboxylic acid groups (broad SMARTS) is 1. The zero-order valence-corrected chi connectivity index (χ0v) is 6.60. The van der Waals surface area contributed by atoms with Crippen molar-refractivity contribution in [1.29, 1.82) is 4.78 Å². The topological polar surface area (TPSA) is 87.5 Å². The second kappa shape index (κ2) is 2.78. The minimum absolute atomic E-state index is 0.110. The van der Waals surface area contributed by atoms with Crippen LogP contribution in [0.2, 0.25) is 0 Å². The van der Waals surface area contributed by atoms with Crippen LogP contribution < -0.4 is 0 Å². The van der Waals surface area contributed by atoms with Crippen LogP contribution in [0.25, 0.3) is 0 Å². The predicted molar refractivity (Wildman–Crippen MR) is 38.0 cm³/mol. The lowest BCUT2D eigenvalue weighted by Crippen LogP contribution is -2.38. The molecule has 11 heavy (non-hydrogen) atoms. The maximum absolute atomic E-state index is 11.0. The van der Waals surface area contributed by atoms with Crippen LogP contribution in [-0.2, 0) is 19.3 Å². The first-order valence-corrected chi connectivity index (χ1v) is 4.99. The van der Waals surface area contributed by atoms with Crippen molar-refractivity contribution < 1.29 is 18.8 Å². The Kier molecular flexibility index (Phi) is 2.15. The number of hydrogen-bond acceptors (Lipinski definition) is 4. The third-order valence-corrected chi connectivity index (χ3v) is 3.10. The Morgan fingerprint density at radius 2 is 2.36 bits per heavy atom. The minimum Gasteiger partial charge on any atom is -0.479 e. The molecule has 0 aromatic rings. The molecule has 2 atom stereocenters. The average molecular weight is 179 g/mol. The largest absolute Gasteiger partial charge is 0.479 e. The predicted octanol–water partition coefficient (Wildman–Crippen LogP) is -0.483. The van der Waals surface area contributed by atoms with E-state index < -0.39 is 21.8 Å². The summed E-state index contributed by atoms with van der Waals surface area (Å²) in [5.74, 6) is -1.16. The number of carboxylic acids is 1. The van der Waals surface area contributed by atoms with Crippen LogP contribution in [0.4, 0.5) is 0 Å². The molecule has 2 N–H and O–H groups in total. The van der Waals surface area contributed by atoms with Crippen LogP contribution in [0.3, 0.4) is 0 Å². The molecule has 0 aromatic heterocycles. The van der Waals surface area contributed by atoms with Crippen molar-refractivity contribution in [3.8, 4) is 0 Å². The lowest BCUT2D eigenvalue weighted by atomic mass is 10.4. The van der Waals surface area contributed by atoms with Gasteiger partial charge in [-0.05, 0) is 0 Å². The van der Waals surface area contributed by atoms with Gasteiger partial charge in [-0.15, -0.1) is 0 Å². The van der Waals surface area contributed by atoms with Gasteiger partial charge in [0.1, 0.15) is 0 Å². The van der Waals surface area contributed by atoms with Crippen LogP contribution >= 0.6 is 0 Å². The van der Waals surface area contributed by atoms with E-state index in [1.165, 1.54) is 0 Å². The molecular weight excluding hydrogens is 170 g/mol. The first kappa shape index (κ1) is 8.48. The third kappa shape index (κ3) is 2.16. The quantitative estimate of drug-likeness (QED) is 0.569. The SMILES string of the molecule is N=S1(=O)CCOC(C(=O)O)C1. The number of rotatable bonds is 1.